The Bertz CT molecular complexity index is 895. The standard InChI is InChI=1S/C23H33N5O4Si/c1-33(2,3)15-14-31-22(29)25-16-21-17-26(12-13-28(21)27-11-7-10-24-19-27)23(30)32-18-20-8-5-4-6-9-20/h4-11,19,21H,12-18H2,1-3H3/p+1/t21-/m0/s1. The van der Waals surface area contributed by atoms with Gasteiger partial charge < -0.3 is 19.7 Å². The van der Waals surface area contributed by atoms with Crippen LogP contribution in [0.1, 0.15) is 5.56 Å². The van der Waals surface area contributed by atoms with Crippen LogP contribution in [-0.2, 0) is 16.1 Å². The number of nitrogens with zero attached hydrogens (tertiary/aromatic N) is 4. The summed E-state index contributed by atoms with van der Waals surface area (Å²) in [6, 6.07) is 12.2. The van der Waals surface area contributed by atoms with Crippen LogP contribution in [0.4, 0.5) is 9.59 Å². The van der Waals surface area contributed by atoms with Crippen LogP contribution in [0.2, 0.25) is 25.7 Å². The number of carbonyl (C=O) groups is 2. The molecule has 0 saturated carbocycles. The largest absolute Gasteiger partial charge is 0.450 e. The van der Waals surface area contributed by atoms with Crippen molar-refractivity contribution in [2.24, 2.45) is 0 Å². The Hall–Kier alpha value is -3.14. The van der Waals surface area contributed by atoms with Gasteiger partial charge in [-0.1, -0.05) is 55.0 Å². The SMILES string of the molecule is C[Si](C)(C)CCOC(=O)NC[C@H]1CN(C(=O)OCc2ccccc2)CCN1[n+]1cccnc1. The molecule has 0 radical (unpaired) electrons. The van der Waals surface area contributed by atoms with Crippen molar-refractivity contribution in [1.82, 2.24) is 15.2 Å². The number of carbonyl (C=O) groups excluding carboxylic acids is 2. The topological polar surface area (TPSA) is 87.9 Å². The summed E-state index contributed by atoms with van der Waals surface area (Å²) in [5, 5.41) is 4.94. The van der Waals surface area contributed by atoms with Crippen molar-refractivity contribution < 1.29 is 23.7 Å². The summed E-state index contributed by atoms with van der Waals surface area (Å²) in [7, 11) is -1.27. The molecule has 3 rings (SSSR count). The van der Waals surface area contributed by atoms with Gasteiger partial charge in [0.25, 0.3) is 0 Å². The molecule has 0 spiro atoms. The van der Waals surface area contributed by atoms with Crippen LogP contribution in [-0.4, -0.2) is 69.0 Å². The van der Waals surface area contributed by atoms with Gasteiger partial charge in [0.1, 0.15) is 19.0 Å². The number of nitrogens with one attached hydrogen (secondary N) is 1. The normalized spacial score (nSPS) is 16.3. The summed E-state index contributed by atoms with van der Waals surface area (Å²) < 4.78 is 12.7. The van der Waals surface area contributed by atoms with Gasteiger partial charge >= 0.3 is 18.5 Å². The molecule has 2 aromatic rings. The molecular weight excluding hydrogens is 438 g/mol. The molecule has 1 N–H and O–H groups in total. The Kier molecular flexibility index (Phi) is 8.64. The van der Waals surface area contributed by atoms with E-state index in [4.69, 9.17) is 9.47 Å². The van der Waals surface area contributed by atoms with Crippen molar-refractivity contribution in [2.75, 3.05) is 37.8 Å². The Labute approximate surface area is 196 Å². The summed E-state index contributed by atoms with van der Waals surface area (Å²) in [6.45, 7) is 9.19. The molecule has 33 heavy (non-hydrogen) atoms. The first-order valence-electron chi connectivity index (χ1n) is 11.3. The fraction of sp³-hybridized carbons (Fsp3) is 0.478. The number of ether oxygens (including phenoxy) is 2. The maximum absolute atomic E-state index is 12.7. The molecule has 1 aliphatic heterocycles. The lowest BCUT2D eigenvalue weighted by Gasteiger charge is -2.39. The molecule has 2 heterocycles. The molecule has 0 aliphatic carbocycles. The Morgan fingerprint density at radius 3 is 2.64 bits per heavy atom. The highest BCUT2D eigenvalue weighted by atomic mass is 28.3. The predicted molar refractivity (Wildman–Crippen MR) is 127 cm³/mol. The number of rotatable bonds is 8. The fourth-order valence-electron chi connectivity index (χ4n) is 3.47. The molecule has 1 saturated heterocycles. The van der Waals surface area contributed by atoms with Gasteiger partial charge in [-0.25, -0.2) is 14.6 Å². The van der Waals surface area contributed by atoms with Gasteiger partial charge in [-0.15, -0.1) is 4.68 Å². The first-order valence-corrected chi connectivity index (χ1v) is 15.0. The molecule has 10 heteroatoms. The third kappa shape index (κ3) is 8.05. The number of alkyl carbamates (subject to hydrolysis) is 1. The molecule has 1 fully saturated rings. The Morgan fingerprint density at radius 1 is 1.15 bits per heavy atom. The third-order valence-corrected chi connectivity index (χ3v) is 7.08. The molecule has 1 atom stereocenters. The Balaban J connectivity index is 1.57. The van der Waals surface area contributed by atoms with E-state index >= 15 is 0 Å². The minimum absolute atomic E-state index is 0.165. The minimum Gasteiger partial charge on any atom is -0.450 e. The maximum atomic E-state index is 12.7. The number of benzene rings is 1. The molecule has 1 aromatic carbocycles. The van der Waals surface area contributed by atoms with E-state index in [-0.39, 0.29) is 18.7 Å². The predicted octanol–water partition coefficient (Wildman–Crippen LogP) is 2.39. The van der Waals surface area contributed by atoms with E-state index in [1.165, 1.54) is 0 Å². The van der Waals surface area contributed by atoms with Gasteiger partial charge in [0.05, 0.1) is 19.2 Å². The summed E-state index contributed by atoms with van der Waals surface area (Å²) in [5.41, 5.74) is 0.940. The van der Waals surface area contributed by atoms with Crippen LogP contribution in [0, 0.1) is 0 Å². The first kappa shape index (κ1) is 24.5. The van der Waals surface area contributed by atoms with Crippen molar-refractivity contribution >= 4 is 20.3 Å². The number of aromatic nitrogens is 2. The van der Waals surface area contributed by atoms with E-state index in [1.807, 2.05) is 47.3 Å². The van der Waals surface area contributed by atoms with Crippen LogP contribution >= 0.6 is 0 Å². The minimum atomic E-state index is -1.27. The first-order chi connectivity index (χ1) is 15.8. The average molecular weight is 473 g/mol. The van der Waals surface area contributed by atoms with Crippen LogP contribution < -0.4 is 15.0 Å². The number of amides is 2. The maximum Gasteiger partial charge on any atom is 0.410 e. The van der Waals surface area contributed by atoms with Crippen LogP contribution in [0.15, 0.2) is 55.1 Å². The van der Waals surface area contributed by atoms with E-state index in [0.29, 0.717) is 32.8 Å². The molecule has 1 aromatic heterocycles. The zero-order valence-corrected chi connectivity index (χ0v) is 20.6. The monoisotopic (exact) mass is 472 g/mol. The number of hydrogen-bond acceptors (Lipinski definition) is 6. The zero-order valence-electron chi connectivity index (χ0n) is 19.6. The lowest BCUT2D eigenvalue weighted by atomic mass is 10.2. The number of piperazine rings is 1. The van der Waals surface area contributed by atoms with Crippen molar-refractivity contribution in [3.63, 3.8) is 0 Å². The quantitative estimate of drug-likeness (QED) is 0.469. The average Bonchev–Trinajstić information content (AvgIpc) is 2.81. The summed E-state index contributed by atoms with van der Waals surface area (Å²) >= 11 is 0. The van der Waals surface area contributed by atoms with Gasteiger partial charge in [0.15, 0.2) is 0 Å². The van der Waals surface area contributed by atoms with E-state index in [0.717, 1.165) is 11.6 Å². The van der Waals surface area contributed by atoms with Crippen LogP contribution in [0.25, 0.3) is 0 Å². The lowest BCUT2D eigenvalue weighted by molar-refractivity contribution is -0.701. The molecule has 2 amide bonds. The summed E-state index contributed by atoms with van der Waals surface area (Å²) in [4.78, 5) is 30.8. The van der Waals surface area contributed by atoms with Crippen molar-refractivity contribution in [3.05, 3.63) is 60.7 Å². The molecule has 9 nitrogen and oxygen atoms in total. The van der Waals surface area contributed by atoms with E-state index < -0.39 is 14.2 Å². The van der Waals surface area contributed by atoms with Crippen LogP contribution in [0.3, 0.4) is 0 Å². The van der Waals surface area contributed by atoms with E-state index in [2.05, 4.69) is 35.0 Å². The van der Waals surface area contributed by atoms with Gasteiger partial charge in [-0.2, -0.15) is 0 Å². The second kappa shape index (κ2) is 11.6. The summed E-state index contributed by atoms with van der Waals surface area (Å²) in [5.74, 6) is 0. The van der Waals surface area contributed by atoms with Gasteiger partial charge in [-0.05, 0) is 11.6 Å². The van der Waals surface area contributed by atoms with Gasteiger partial charge in [-0.3, -0.25) is 0 Å². The molecule has 178 valence electrons. The molecule has 0 unspecified atom stereocenters. The second-order valence-electron chi connectivity index (χ2n) is 9.27. The van der Waals surface area contributed by atoms with Crippen molar-refractivity contribution in [1.29, 1.82) is 0 Å². The smallest absolute Gasteiger partial charge is 0.410 e. The van der Waals surface area contributed by atoms with Gasteiger partial charge in [0.2, 0.25) is 0 Å². The Morgan fingerprint density at radius 2 is 1.94 bits per heavy atom. The van der Waals surface area contributed by atoms with Crippen LogP contribution in [0.5, 0.6) is 0 Å². The molecular formula is C23H34N5O4Si+. The summed E-state index contributed by atoms with van der Waals surface area (Å²) in [6.07, 6.45) is 4.51. The van der Waals surface area contributed by atoms with E-state index in [9.17, 15) is 9.59 Å². The highest BCUT2D eigenvalue weighted by molar-refractivity contribution is 6.76. The highest BCUT2D eigenvalue weighted by Gasteiger charge is 2.33. The fourth-order valence-corrected chi connectivity index (χ4v) is 4.19. The second-order valence-corrected chi connectivity index (χ2v) is 14.9. The van der Waals surface area contributed by atoms with Crippen molar-refractivity contribution in [2.45, 2.75) is 38.3 Å². The zero-order chi connectivity index (χ0) is 23.7. The number of hydrogen-bond donors (Lipinski definition) is 1. The molecule has 0 bridgehead atoms. The van der Waals surface area contributed by atoms with Crippen molar-refractivity contribution in [3.8, 4) is 0 Å². The molecule has 1 aliphatic rings. The van der Waals surface area contributed by atoms with E-state index in [1.54, 1.807) is 17.4 Å². The lowest BCUT2D eigenvalue weighted by Crippen LogP contribution is -2.71. The van der Waals surface area contributed by atoms with Gasteiger partial charge in [0, 0.05) is 33.8 Å². The highest BCUT2D eigenvalue weighted by Crippen LogP contribution is 2.10. The third-order valence-electron chi connectivity index (χ3n) is 5.37.